The lowest BCUT2D eigenvalue weighted by Gasteiger charge is -2.34. The highest BCUT2D eigenvalue weighted by Gasteiger charge is 2.32. The summed E-state index contributed by atoms with van der Waals surface area (Å²) in [6.45, 7) is 8.09. The molecule has 0 heterocycles. The van der Waals surface area contributed by atoms with Gasteiger partial charge in [0, 0.05) is 23.5 Å². The highest BCUT2D eigenvalue weighted by molar-refractivity contribution is 6.31. The van der Waals surface area contributed by atoms with Crippen molar-refractivity contribution in [3.8, 4) is 0 Å². The van der Waals surface area contributed by atoms with Gasteiger partial charge in [-0.15, -0.1) is 0 Å². The third-order valence-electron chi connectivity index (χ3n) is 5.54. The topological polar surface area (TPSA) is 49.4 Å². The Balaban J connectivity index is 1.99. The van der Waals surface area contributed by atoms with Crippen LogP contribution in [0.5, 0.6) is 0 Å². The van der Waals surface area contributed by atoms with Crippen LogP contribution in [0.1, 0.15) is 43.0 Å². The van der Waals surface area contributed by atoms with Crippen LogP contribution < -0.4 is 5.32 Å². The molecule has 3 aromatic rings. The van der Waals surface area contributed by atoms with Crippen molar-refractivity contribution in [1.82, 2.24) is 10.2 Å². The van der Waals surface area contributed by atoms with Crippen LogP contribution in [0.2, 0.25) is 5.02 Å². The Labute approximate surface area is 207 Å². The van der Waals surface area contributed by atoms with E-state index in [-0.39, 0.29) is 24.8 Å². The second kappa shape index (κ2) is 11.3. The molecule has 34 heavy (non-hydrogen) atoms. The predicted octanol–water partition coefficient (Wildman–Crippen LogP) is 5.75. The second-order valence-corrected chi connectivity index (χ2v) is 10.1. The minimum absolute atomic E-state index is 0.117. The Morgan fingerprint density at radius 3 is 2.12 bits per heavy atom. The molecule has 3 aromatic carbocycles. The lowest BCUT2D eigenvalue weighted by molar-refractivity contribution is -0.141. The van der Waals surface area contributed by atoms with Crippen molar-refractivity contribution >= 4 is 23.4 Å². The maximum Gasteiger partial charge on any atom is 0.243 e. The summed E-state index contributed by atoms with van der Waals surface area (Å²) in [5, 5.41) is 3.66. The van der Waals surface area contributed by atoms with Crippen LogP contribution in [0.3, 0.4) is 0 Å². The van der Waals surface area contributed by atoms with Crippen molar-refractivity contribution in [2.75, 3.05) is 0 Å². The van der Waals surface area contributed by atoms with Crippen molar-refractivity contribution in [2.24, 2.45) is 0 Å². The molecule has 1 atom stereocenters. The number of rotatable bonds is 8. The highest BCUT2D eigenvalue weighted by atomic mass is 35.5. The Hall–Kier alpha value is -3.11. The van der Waals surface area contributed by atoms with E-state index in [1.165, 1.54) is 0 Å². The Morgan fingerprint density at radius 2 is 1.50 bits per heavy atom. The number of nitrogens with zero attached hydrogens (tertiary/aromatic N) is 1. The number of hydrogen-bond donors (Lipinski definition) is 1. The van der Waals surface area contributed by atoms with E-state index in [1.807, 2.05) is 100 Å². The van der Waals surface area contributed by atoms with Crippen molar-refractivity contribution in [2.45, 2.75) is 58.7 Å². The number of hydrogen-bond acceptors (Lipinski definition) is 2. The number of carbonyl (C=O) groups is 2. The van der Waals surface area contributed by atoms with E-state index in [1.54, 1.807) is 11.0 Å². The van der Waals surface area contributed by atoms with Gasteiger partial charge < -0.3 is 10.2 Å². The fourth-order valence-electron chi connectivity index (χ4n) is 3.80. The molecule has 0 radical (unpaired) electrons. The molecule has 0 aromatic heterocycles. The van der Waals surface area contributed by atoms with E-state index in [2.05, 4.69) is 5.32 Å². The molecule has 0 fully saturated rings. The van der Waals surface area contributed by atoms with Gasteiger partial charge in [-0.1, -0.05) is 90.0 Å². The minimum atomic E-state index is -0.684. The van der Waals surface area contributed by atoms with Crippen LogP contribution in [0.4, 0.5) is 0 Å². The molecule has 0 aliphatic heterocycles. The number of benzene rings is 3. The molecule has 0 saturated heterocycles. The number of carbonyl (C=O) groups excluding carboxylic acids is 2. The first-order chi connectivity index (χ1) is 16.1. The van der Waals surface area contributed by atoms with Crippen LogP contribution in [0.25, 0.3) is 0 Å². The van der Waals surface area contributed by atoms with E-state index in [9.17, 15) is 9.59 Å². The second-order valence-electron chi connectivity index (χ2n) is 9.72. The summed E-state index contributed by atoms with van der Waals surface area (Å²) >= 11 is 6.46. The molecular formula is C29H33ClN2O2. The van der Waals surface area contributed by atoms with Crippen molar-refractivity contribution in [3.63, 3.8) is 0 Å². The summed E-state index contributed by atoms with van der Waals surface area (Å²) in [6, 6.07) is 24.5. The number of nitrogens with one attached hydrogen (secondary N) is 1. The van der Waals surface area contributed by atoms with E-state index in [0.29, 0.717) is 11.4 Å². The van der Waals surface area contributed by atoms with Crippen LogP contribution in [-0.4, -0.2) is 28.3 Å². The third-order valence-corrected chi connectivity index (χ3v) is 5.91. The molecule has 0 aliphatic carbocycles. The summed E-state index contributed by atoms with van der Waals surface area (Å²) in [4.78, 5) is 28.9. The first-order valence-electron chi connectivity index (χ1n) is 11.6. The molecule has 3 rings (SSSR count). The molecule has 4 nitrogen and oxygen atoms in total. The highest BCUT2D eigenvalue weighted by Crippen LogP contribution is 2.22. The zero-order chi connectivity index (χ0) is 24.7. The third kappa shape index (κ3) is 7.46. The first kappa shape index (κ1) is 25.5. The minimum Gasteiger partial charge on any atom is -0.350 e. The standard InChI is InChI=1S/C29H33ClN2O2/c1-21-14-16-23(17-15-21)19-27(33)32(20-24-12-8-9-13-25(24)30)26(28(34)31-29(2,3)4)18-22-10-6-5-7-11-22/h5-17,26H,18-20H2,1-4H3,(H,31,34). The largest absolute Gasteiger partial charge is 0.350 e. The van der Waals surface area contributed by atoms with Crippen molar-refractivity contribution < 1.29 is 9.59 Å². The van der Waals surface area contributed by atoms with E-state index >= 15 is 0 Å². The van der Waals surface area contributed by atoms with Gasteiger partial charge in [-0.05, 0) is 50.5 Å². The van der Waals surface area contributed by atoms with E-state index in [0.717, 1.165) is 22.3 Å². The molecule has 1 unspecified atom stereocenters. The zero-order valence-corrected chi connectivity index (χ0v) is 21.1. The predicted molar refractivity (Wildman–Crippen MR) is 139 cm³/mol. The zero-order valence-electron chi connectivity index (χ0n) is 20.3. The first-order valence-corrected chi connectivity index (χ1v) is 11.9. The molecule has 0 spiro atoms. The van der Waals surface area contributed by atoms with Gasteiger partial charge in [-0.25, -0.2) is 0 Å². The molecule has 0 aliphatic rings. The number of amides is 2. The Bertz CT molecular complexity index is 1100. The SMILES string of the molecule is Cc1ccc(CC(=O)N(Cc2ccccc2Cl)C(Cc2ccccc2)C(=O)NC(C)(C)C)cc1. The number of aryl methyl sites for hydroxylation is 1. The van der Waals surface area contributed by atoms with Gasteiger partial charge in [0.05, 0.1) is 6.42 Å². The summed E-state index contributed by atoms with van der Waals surface area (Å²) in [6.07, 6.45) is 0.617. The fourth-order valence-corrected chi connectivity index (χ4v) is 3.99. The summed E-state index contributed by atoms with van der Waals surface area (Å²) in [5.74, 6) is -0.297. The van der Waals surface area contributed by atoms with E-state index in [4.69, 9.17) is 11.6 Å². The lowest BCUT2D eigenvalue weighted by atomic mass is 9.99. The quantitative estimate of drug-likeness (QED) is 0.450. The average Bonchev–Trinajstić information content (AvgIpc) is 2.78. The smallest absolute Gasteiger partial charge is 0.243 e. The molecule has 178 valence electrons. The normalized spacial score (nSPS) is 12.1. The van der Waals surface area contributed by atoms with Gasteiger partial charge in [-0.3, -0.25) is 9.59 Å². The van der Waals surface area contributed by atoms with Gasteiger partial charge in [0.25, 0.3) is 0 Å². The van der Waals surface area contributed by atoms with Crippen LogP contribution in [0, 0.1) is 6.92 Å². The maximum atomic E-state index is 13.7. The van der Waals surface area contributed by atoms with Gasteiger partial charge in [0.1, 0.15) is 6.04 Å². The van der Waals surface area contributed by atoms with Gasteiger partial charge in [0.2, 0.25) is 11.8 Å². The fraction of sp³-hybridized carbons (Fsp3) is 0.310. The molecule has 0 bridgehead atoms. The summed E-state index contributed by atoms with van der Waals surface area (Å²) in [7, 11) is 0. The number of halogens is 1. The molecular weight excluding hydrogens is 444 g/mol. The van der Waals surface area contributed by atoms with E-state index < -0.39 is 11.6 Å². The van der Waals surface area contributed by atoms with Gasteiger partial charge >= 0.3 is 0 Å². The molecule has 5 heteroatoms. The lowest BCUT2D eigenvalue weighted by Crippen LogP contribution is -2.54. The van der Waals surface area contributed by atoms with Gasteiger partial charge in [0.15, 0.2) is 0 Å². The monoisotopic (exact) mass is 476 g/mol. The van der Waals surface area contributed by atoms with Crippen LogP contribution >= 0.6 is 11.6 Å². The summed E-state index contributed by atoms with van der Waals surface area (Å²) < 4.78 is 0. The maximum absolute atomic E-state index is 13.7. The Morgan fingerprint density at radius 1 is 0.882 bits per heavy atom. The van der Waals surface area contributed by atoms with Crippen molar-refractivity contribution in [1.29, 1.82) is 0 Å². The van der Waals surface area contributed by atoms with Gasteiger partial charge in [-0.2, -0.15) is 0 Å². The van der Waals surface area contributed by atoms with Crippen molar-refractivity contribution in [3.05, 3.63) is 106 Å². The van der Waals surface area contributed by atoms with Crippen LogP contribution in [-0.2, 0) is 29.0 Å². The van der Waals surface area contributed by atoms with Crippen LogP contribution in [0.15, 0.2) is 78.9 Å². The average molecular weight is 477 g/mol. The molecule has 2 amide bonds. The Kier molecular flexibility index (Phi) is 8.51. The molecule has 0 saturated carbocycles. The molecule has 1 N–H and O–H groups in total. The summed E-state index contributed by atoms with van der Waals surface area (Å²) in [5.41, 5.74) is 3.42.